The van der Waals surface area contributed by atoms with Crippen molar-refractivity contribution in [2.24, 2.45) is 0 Å². The number of piperazine rings is 1. The maximum Gasteiger partial charge on any atom is 0.240 e. The molecular weight excluding hydrogens is 488 g/mol. The molecule has 2 aliphatic heterocycles. The van der Waals surface area contributed by atoms with Crippen LogP contribution in [0, 0.1) is 0 Å². The standard InChI is InChI=1S/C27H32N6O3S/c1-32-11-13-33(14-12-32)22-9-7-20(8-10-22)28-27-29-25(24-17-36-18-26(24)30-27)16-19-3-2-4-23(15-19)37(34,35)31-21-5-6-21/h2-4,7-10,15,21,31H,5-6,11-14,16-18H2,1H3,(H,28,29,30). The Bertz CT molecular complexity index is 1380. The molecule has 2 aromatic carbocycles. The largest absolute Gasteiger partial charge is 0.370 e. The fourth-order valence-corrected chi connectivity index (χ4v) is 6.15. The summed E-state index contributed by atoms with van der Waals surface area (Å²) >= 11 is 0. The van der Waals surface area contributed by atoms with Crippen LogP contribution in [0.5, 0.6) is 0 Å². The summed E-state index contributed by atoms with van der Waals surface area (Å²) in [7, 11) is -1.35. The Labute approximate surface area is 217 Å². The number of fused-ring (bicyclic) bond motifs is 1. The van der Waals surface area contributed by atoms with Crippen LogP contribution in [0.25, 0.3) is 0 Å². The van der Waals surface area contributed by atoms with E-state index in [-0.39, 0.29) is 10.9 Å². The van der Waals surface area contributed by atoms with Gasteiger partial charge in [0.2, 0.25) is 16.0 Å². The fourth-order valence-electron chi connectivity index (χ4n) is 4.77. The molecule has 3 aromatic rings. The van der Waals surface area contributed by atoms with Crippen LogP contribution in [-0.4, -0.2) is 62.6 Å². The molecule has 0 spiro atoms. The lowest BCUT2D eigenvalue weighted by Crippen LogP contribution is -2.44. The molecule has 3 heterocycles. The molecule has 1 aromatic heterocycles. The minimum Gasteiger partial charge on any atom is -0.370 e. The minimum absolute atomic E-state index is 0.0696. The van der Waals surface area contributed by atoms with E-state index in [1.165, 1.54) is 5.69 Å². The topological polar surface area (TPSA) is 99.7 Å². The molecular formula is C27H32N6O3S. The van der Waals surface area contributed by atoms with E-state index < -0.39 is 10.0 Å². The second-order valence-corrected chi connectivity index (χ2v) is 11.8. The van der Waals surface area contributed by atoms with Gasteiger partial charge in [-0.05, 0) is 61.9 Å². The highest BCUT2D eigenvalue weighted by Crippen LogP contribution is 2.28. The molecule has 2 N–H and O–H groups in total. The SMILES string of the molecule is CN1CCN(c2ccc(Nc3nc4c(c(Cc5cccc(S(=O)(=O)NC6CC6)c5)n3)COC4)cc2)CC1. The summed E-state index contributed by atoms with van der Waals surface area (Å²) in [6.45, 7) is 5.10. The Hall–Kier alpha value is -3.05. The zero-order valence-electron chi connectivity index (χ0n) is 21.0. The number of nitrogens with zero attached hydrogens (tertiary/aromatic N) is 4. The first-order valence-electron chi connectivity index (χ1n) is 12.8. The normalized spacial score (nSPS) is 18.1. The van der Waals surface area contributed by atoms with Gasteiger partial charge in [-0.2, -0.15) is 0 Å². The summed E-state index contributed by atoms with van der Waals surface area (Å²) in [5.74, 6) is 0.519. The number of anilines is 3. The summed E-state index contributed by atoms with van der Waals surface area (Å²) in [4.78, 5) is 14.6. The summed E-state index contributed by atoms with van der Waals surface area (Å²) < 4.78 is 33.8. The Morgan fingerprint density at radius 3 is 2.54 bits per heavy atom. The molecule has 0 amide bonds. The highest BCUT2D eigenvalue weighted by atomic mass is 32.2. The van der Waals surface area contributed by atoms with E-state index in [9.17, 15) is 8.42 Å². The zero-order chi connectivity index (χ0) is 25.4. The first kappa shape index (κ1) is 24.3. The number of hydrogen-bond acceptors (Lipinski definition) is 8. The lowest BCUT2D eigenvalue weighted by atomic mass is 10.1. The lowest BCUT2D eigenvalue weighted by molar-refractivity contribution is 0.133. The van der Waals surface area contributed by atoms with E-state index >= 15 is 0 Å². The van der Waals surface area contributed by atoms with Crippen molar-refractivity contribution in [3.8, 4) is 0 Å². The molecule has 0 unspecified atom stereocenters. The third kappa shape index (κ3) is 5.62. The summed E-state index contributed by atoms with van der Waals surface area (Å²) in [5.41, 5.74) is 5.73. The van der Waals surface area contributed by atoms with E-state index in [0.717, 1.165) is 67.2 Å². The van der Waals surface area contributed by atoms with Crippen LogP contribution in [0.3, 0.4) is 0 Å². The first-order valence-corrected chi connectivity index (χ1v) is 14.3. The summed E-state index contributed by atoms with van der Waals surface area (Å²) in [6, 6.07) is 15.5. The Kier molecular flexibility index (Phi) is 6.58. The molecule has 0 bridgehead atoms. The third-order valence-corrected chi connectivity index (χ3v) is 8.65. The molecule has 3 aliphatic rings. The number of likely N-dealkylation sites (N-methyl/N-ethyl adjacent to an activating group) is 1. The van der Waals surface area contributed by atoms with E-state index in [1.54, 1.807) is 18.2 Å². The quantitative estimate of drug-likeness (QED) is 0.468. The average molecular weight is 521 g/mol. The summed E-state index contributed by atoms with van der Waals surface area (Å²) in [5, 5.41) is 3.35. The zero-order valence-corrected chi connectivity index (χ0v) is 21.8. The van der Waals surface area contributed by atoms with Gasteiger partial charge in [-0.25, -0.2) is 23.1 Å². The maximum absolute atomic E-state index is 12.7. The molecule has 194 valence electrons. The van der Waals surface area contributed by atoms with Gasteiger partial charge in [-0.3, -0.25) is 0 Å². The van der Waals surface area contributed by atoms with Gasteiger partial charge >= 0.3 is 0 Å². The molecule has 10 heteroatoms. The van der Waals surface area contributed by atoms with Crippen molar-refractivity contribution in [3.05, 3.63) is 71.0 Å². The van der Waals surface area contributed by atoms with Gasteiger partial charge < -0.3 is 19.9 Å². The monoisotopic (exact) mass is 520 g/mol. The highest BCUT2D eigenvalue weighted by molar-refractivity contribution is 7.89. The fraction of sp³-hybridized carbons (Fsp3) is 0.407. The molecule has 1 aliphatic carbocycles. The van der Waals surface area contributed by atoms with Gasteiger partial charge in [0.1, 0.15) is 0 Å². The van der Waals surface area contributed by atoms with Gasteiger partial charge in [-0.15, -0.1) is 0 Å². The Morgan fingerprint density at radius 1 is 1.00 bits per heavy atom. The highest BCUT2D eigenvalue weighted by Gasteiger charge is 2.28. The van der Waals surface area contributed by atoms with Crippen molar-refractivity contribution >= 4 is 27.3 Å². The molecule has 1 saturated heterocycles. The number of rotatable bonds is 8. The van der Waals surface area contributed by atoms with Crippen LogP contribution in [0.2, 0.25) is 0 Å². The lowest BCUT2D eigenvalue weighted by Gasteiger charge is -2.34. The van der Waals surface area contributed by atoms with Crippen LogP contribution in [0.4, 0.5) is 17.3 Å². The predicted octanol–water partition coefficient (Wildman–Crippen LogP) is 3.03. The number of nitrogens with one attached hydrogen (secondary N) is 2. The smallest absolute Gasteiger partial charge is 0.240 e. The second-order valence-electron chi connectivity index (χ2n) is 10.1. The molecule has 2 fully saturated rings. The molecule has 0 radical (unpaired) electrons. The van der Waals surface area contributed by atoms with Crippen molar-refractivity contribution in [2.75, 3.05) is 43.4 Å². The van der Waals surface area contributed by atoms with E-state index in [1.807, 2.05) is 6.07 Å². The van der Waals surface area contributed by atoms with E-state index in [2.05, 4.69) is 51.2 Å². The van der Waals surface area contributed by atoms with Gasteiger partial charge in [0.15, 0.2) is 0 Å². The van der Waals surface area contributed by atoms with Crippen LogP contribution < -0.4 is 14.9 Å². The van der Waals surface area contributed by atoms with Crippen LogP contribution in [0.15, 0.2) is 53.4 Å². The van der Waals surface area contributed by atoms with Crippen molar-refractivity contribution in [1.82, 2.24) is 19.6 Å². The molecule has 9 nitrogen and oxygen atoms in total. The molecule has 37 heavy (non-hydrogen) atoms. The van der Waals surface area contributed by atoms with Crippen molar-refractivity contribution in [1.29, 1.82) is 0 Å². The third-order valence-electron chi connectivity index (χ3n) is 7.13. The second kappa shape index (κ2) is 10.0. The number of benzene rings is 2. The van der Waals surface area contributed by atoms with Crippen LogP contribution >= 0.6 is 0 Å². The summed E-state index contributed by atoms with van der Waals surface area (Å²) in [6.07, 6.45) is 2.30. The number of ether oxygens (including phenoxy) is 1. The van der Waals surface area contributed by atoms with Crippen molar-refractivity contribution in [2.45, 2.75) is 43.4 Å². The Morgan fingerprint density at radius 2 is 1.78 bits per heavy atom. The number of sulfonamides is 1. The number of hydrogen-bond donors (Lipinski definition) is 2. The van der Waals surface area contributed by atoms with Crippen molar-refractivity contribution in [3.63, 3.8) is 0 Å². The molecule has 6 rings (SSSR count). The van der Waals surface area contributed by atoms with Gasteiger partial charge in [0.05, 0.1) is 29.5 Å². The average Bonchev–Trinajstić information content (AvgIpc) is 3.56. The van der Waals surface area contributed by atoms with E-state index in [4.69, 9.17) is 14.7 Å². The minimum atomic E-state index is -3.51. The Balaban J connectivity index is 1.20. The van der Waals surface area contributed by atoms with E-state index in [0.29, 0.717) is 25.6 Å². The maximum atomic E-state index is 12.7. The van der Waals surface area contributed by atoms with Gasteiger partial charge in [0, 0.05) is 55.6 Å². The van der Waals surface area contributed by atoms with Crippen LogP contribution in [-0.2, 0) is 34.4 Å². The predicted molar refractivity (Wildman–Crippen MR) is 143 cm³/mol. The van der Waals surface area contributed by atoms with Gasteiger partial charge in [0.25, 0.3) is 0 Å². The molecule has 0 atom stereocenters. The number of aromatic nitrogens is 2. The first-order chi connectivity index (χ1) is 17.9. The molecule has 1 saturated carbocycles. The van der Waals surface area contributed by atoms with Crippen LogP contribution in [0.1, 0.15) is 35.4 Å². The van der Waals surface area contributed by atoms with Crippen molar-refractivity contribution < 1.29 is 13.2 Å². The van der Waals surface area contributed by atoms with Gasteiger partial charge in [-0.1, -0.05) is 12.1 Å².